The molecule has 0 heterocycles. The van der Waals surface area contributed by atoms with Crippen LogP contribution in [0.2, 0.25) is 0 Å². The first kappa shape index (κ1) is 19.1. The standard InChI is InChI=1S/C18H26FNO3S/c1-5-23-16(21)12-18(20-24(22)17(2,3)4)11-7-8-13-14(18)9-6-10-15(13)19/h6,9-10,20H,5,7-8,11-12H2,1-4H3. The number of rotatable bonds is 5. The molecule has 1 aromatic rings. The van der Waals surface area contributed by atoms with Crippen molar-refractivity contribution in [2.24, 2.45) is 0 Å². The van der Waals surface area contributed by atoms with Gasteiger partial charge in [-0.3, -0.25) is 4.79 Å². The molecule has 0 saturated carbocycles. The predicted molar refractivity (Wildman–Crippen MR) is 93.3 cm³/mol. The SMILES string of the molecule is CCOC(=O)CC1(NS(=O)C(C)(C)C)CCCc2c(F)cccc21. The lowest BCUT2D eigenvalue weighted by Crippen LogP contribution is -2.51. The van der Waals surface area contributed by atoms with Crippen LogP contribution in [0, 0.1) is 5.82 Å². The summed E-state index contributed by atoms with van der Waals surface area (Å²) in [6, 6.07) is 4.89. The van der Waals surface area contributed by atoms with Gasteiger partial charge in [0.25, 0.3) is 0 Å². The maximum absolute atomic E-state index is 14.3. The second-order valence-electron chi connectivity index (χ2n) is 7.17. The van der Waals surface area contributed by atoms with Gasteiger partial charge in [-0.25, -0.2) is 13.3 Å². The summed E-state index contributed by atoms with van der Waals surface area (Å²) in [5, 5.41) is 0. The highest BCUT2D eigenvalue weighted by Gasteiger charge is 2.42. The molecule has 1 aliphatic carbocycles. The number of benzene rings is 1. The van der Waals surface area contributed by atoms with Gasteiger partial charge in [0.05, 0.1) is 34.3 Å². The molecule has 2 unspecified atom stereocenters. The molecule has 0 fully saturated rings. The van der Waals surface area contributed by atoms with E-state index in [9.17, 15) is 13.4 Å². The monoisotopic (exact) mass is 355 g/mol. The zero-order chi connectivity index (χ0) is 18.0. The molecule has 0 aliphatic heterocycles. The minimum atomic E-state index is -1.39. The summed E-state index contributed by atoms with van der Waals surface area (Å²) < 4.78 is 34.7. The Morgan fingerprint density at radius 3 is 2.75 bits per heavy atom. The minimum absolute atomic E-state index is 0.0408. The quantitative estimate of drug-likeness (QED) is 0.824. The van der Waals surface area contributed by atoms with Gasteiger partial charge in [0, 0.05) is 0 Å². The first-order valence-electron chi connectivity index (χ1n) is 8.33. The molecule has 1 aliphatic rings. The van der Waals surface area contributed by atoms with Crippen molar-refractivity contribution in [2.75, 3.05) is 6.61 Å². The van der Waals surface area contributed by atoms with E-state index in [1.54, 1.807) is 13.0 Å². The summed E-state index contributed by atoms with van der Waals surface area (Å²) >= 11 is 0. The van der Waals surface area contributed by atoms with E-state index < -0.39 is 21.3 Å². The van der Waals surface area contributed by atoms with E-state index >= 15 is 0 Å². The van der Waals surface area contributed by atoms with Crippen molar-refractivity contribution in [2.45, 2.75) is 63.7 Å². The first-order chi connectivity index (χ1) is 11.2. The first-order valence-corrected chi connectivity index (χ1v) is 9.48. The number of carbonyl (C=O) groups is 1. The second-order valence-corrected chi connectivity index (χ2v) is 9.13. The number of carbonyl (C=O) groups excluding carboxylic acids is 1. The number of nitrogens with one attached hydrogen (secondary N) is 1. The van der Waals surface area contributed by atoms with Crippen LogP contribution in [0.5, 0.6) is 0 Å². The maximum atomic E-state index is 14.3. The van der Waals surface area contributed by atoms with E-state index in [1.165, 1.54) is 6.07 Å². The van der Waals surface area contributed by atoms with Gasteiger partial charge < -0.3 is 4.74 Å². The molecule has 0 spiro atoms. The van der Waals surface area contributed by atoms with Crippen molar-refractivity contribution < 1.29 is 18.1 Å². The summed E-state index contributed by atoms with van der Waals surface area (Å²) in [4.78, 5) is 12.2. The predicted octanol–water partition coefficient (Wildman–Crippen LogP) is 3.36. The Kier molecular flexibility index (Phi) is 5.81. The molecule has 4 nitrogen and oxygen atoms in total. The van der Waals surface area contributed by atoms with Gasteiger partial charge in [0.15, 0.2) is 0 Å². The number of hydrogen-bond acceptors (Lipinski definition) is 3. The number of ether oxygens (including phenoxy) is 1. The average Bonchev–Trinajstić information content (AvgIpc) is 2.47. The molecule has 24 heavy (non-hydrogen) atoms. The summed E-state index contributed by atoms with van der Waals surface area (Å²) in [5.41, 5.74) is 0.464. The normalized spacial score (nSPS) is 21.9. The van der Waals surface area contributed by atoms with Crippen molar-refractivity contribution in [3.8, 4) is 0 Å². The van der Waals surface area contributed by atoms with Crippen LogP contribution in [-0.2, 0) is 32.5 Å². The summed E-state index contributed by atoms with van der Waals surface area (Å²) in [5.74, 6) is -0.642. The summed E-state index contributed by atoms with van der Waals surface area (Å²) in [7, 11) is -1.39. The number of fused-ring (bicyclic) bond motifs is 1. The Labute approximate surface area is 145 Å². The molecule has 2 atom stereocenters. The fraction of sp³-hybridized carbons (Fsp3) is 0.611. The van der Waals surface area contributed by atoms with E-state index in [0.717, 1.165) is 12.0 Å². The van der Waals surface area contributed by atoms with Gasteiger partial charge in [-0.2, -0.15) is 0 Å². The second kappa shape index (κ2) is 7.31. The smallest absolute Gasteiger partial charge is 0.308 e. The van der Waals surface area contributed by atoms with Crippen LogP contribution in [0.1, 0.15) is 58.1 Å². The summed E-state index contributed by atoms with van der Waals surface area (Å²) in [6.45, 7) is 7.63. The highest BCUT2D eigenvalue weighted by atomic mass is 32.2. The van der Waals surface area contributed by atoms with Crippen LogP contribution in [-0.4, -0.2) is 21.5 Å². The topological polar surface area (TPSA) is 55.4 Å². The Balaban J connectivity index is 2.47. The number of esters is 1. The molecule has 2 rings (SSSR count). The van der Waals surface area contributed by atoms with E-state index in [-0.39, 0.29) is 24.8 Å². The molecule has 0 bridgehead atoms. The van der Waals surface area contributed by atoms with E-state index in [1.807, 2.05) is 26.8 Å². The zero-order valence-corrected chi connectivity index (χ0v) is 15.6. The van der Waals surface area contributed by atoms with E-state index in [2.05, 4.69) is 4.72 Å². The van der Waals surface area contributed by atoms with Gasteiger partial charge in [0.2, 0.25) is 0 Å². The maximum Gasteiger partial charge on any atom is 0.308 e. The molecular formula is C18H26FNO3S. The molecule has 1 N–H and O–H groups in total. The lowest BCUT2D eigenvalue weighted by atomic mass is 9.75. The fourth-order valence-electron chi connectivity index (χ4n) is 3.08. The minimum Gasteiger partial charge on any atom is -0.466 e. The Morgan fingerprint density at radius 2 is 2.12 bits per heavy atom. The zero-order valence-electron chi connectivity index (χ0n) is 14.8. The Hall–Kier alpha value is -1.27. The molecule has 6 heteroatoms. The van der Waals surface area contributed by atoms with Crippen LogP contribution in [0.4, 0.5) is 4.39 Å². The highest BCUT2D eigenvalue weighted by Crippen LogP contribution is 2.40. The third-order valence-electron chi connectivity index (χ3n) is 4.26. The molecule has 0 radical (unpaired) electrons. The number of hydrogen-bond donors (Lipinski definition) is 1. The average molecular weight is 355 g/mol. The summed E-state index contributed by atoms with van der Waals surface area (Å²) in [6.07, 6.45) is 2.00. The molecule has 1 aromatic carbocycles. The lowest BCUT2D eigenvalue weighted by Gasteiger charge is -2.40. The van der Waals surface area contributed by atoms with Crippen LogP contribution in [0.3, 0.4) is 0 Å². The van der Waals surface area contributed by atoms with E-state index in [0.29, 0.717) is 18.4 Å². The van der Waals surface area contributed by atoms with Crippen molar-refractivity contribution >= 4 is 17.0 Å². The fourth-order valence-corrected chi connectivity index (χ4v) is 4.02. The van der Waals surface area contributed by atoms with Crippen LogP contribution in [0.25, 0.3) is 0 Å². The highest BCUT2D eigenvalue weighted by molar-refractivity contribution is 7.84. The van der Waals surface area contributed by atoms with Crippen LogP contribution in [0.15, 0.2) is 18.2 Å². The van der Waals surface area contributed by atoms with Gasteiger partial charge >= 0.3 is 5.97 Å². The van der Waals surface area contributed by atoms with Crippen molar-refractivity contribution in [3.05, 3.63) is 35.1 Å². The van der Waals surface area contributed by atoms with Gasteiger partial charge in [-0.1, -0.05) is 12.1 Å². The third kappa shape index (κ3) is 4.03. The molecule has 134 valence electrons. The van der Waals surface area contributed by atoms with Crippen LogP contribution < -0.4 is 4.72 Å². The molecule has 0 amide bonds. The third-order valence-corrected chi connectivity index (χ3v) is 5.95. The van der Waals surface area contributed by atoms with Gasteiger partial charge in [-0.05, 0) is 64.2 Å². The van der Waals surface area contributed by atoms with Crippen molar-refractivity contribution in [1.82, 2.24) is 4.72 Å². The molecular weight excluding hydrogens is 329 g/mol. The van der Waals surface area contributed by atoms with Gasteiger partial charge in [-0.15, -0.1) is 0 Å². The Morgan fingerprint density at radius 1 is 1.42 bits per heavy atom. The van der Waals surface area contributed by atoms with Crippen molar-refractivity contribution in [3.63, 3.8) is 0 Å². The molecule has 0 aromatic heterocycles. The molecule has 0 saturated heterocycles. The lowest BCUT2D eigenvalue weighted by molar-refractivity contribution is -0.145. The number of halogens is 1. The van der Waals surface area contributed by atoms with Gasteiger partial charge in [0.1, 0.15) is 5.82 Å². The largest absolute Gasteiger partial charge is 0.466 e. The van der Waals surface area contributed by atoms with Crippen molar-refractivity contribution in [1.29, 1.82) is 0 Å². The van der Waals surface area contributed by atoms with Crippen LogP contribution >= 0.6 is 0 Å². The Bertz CT molecular complexity index is 642. The van der Waals surface area contributed by atoms with E-state index in [4.69, 9.17) is 4.74 Å².